The van der Waals surface area contributed by atoms with Crippen LogP contribution in [-0.4, -0.2) is 32.9 Å². The second kappa shape index (κ2) is 9.60. The number of benzene rings is 1. The minimum atomic E-state index is -0.947. The number of para-hydroxylation sites is 1. The largest absolute Gasteiger partial charge is 0.480 e. The van der Waals surface area contributed by atoms with Gasteiger partial charge < -0.3 is 15.7 Å². The molecule has 0 radical (unpaired) electrons. The number of nitrogens with one attached hydrogen (secondary N) is 2. The third-order valence-electron chi connectivity index (χ3n) is 5.71. The molecular formula is C25H26N4O3. The molecule has 1 atom stereocenters. The summed E-state index contributed by atoms with van der Waals surface area (Å²) in [5, 5.41) is 18.3. The molecule has 32 heavy (non-hydrogen) atoms. The van der Waals surface area contributed by atoms with Crippen molar-refractivity contribution < 1.29 is 14.7 Å². The number of fused-ring (bicyclic) bond motifs is 1. The number of hydrogen-bond acceptors (Lipinski definition) is 6. The van der Waals surface area contributed by atoms with Gasteiger partial charge in [-0.25, -0.2) is 9.78 Å². The van der Waals surface area contributed by atoms with Crippen molar-refractivity contribution in [2.24, 2.45) is 0 Å². The van der Waals surface area contributed by atoms with E-state index in [4.69, 9.17) is 0 Å². The van der Waals surface area contributed by atoms with Crippen molar-refractivity contribution in [1.29, 1.82) is 0 Å². The monoisotopic (exact) mass is 430 g/mol. The van der Waals surface area contributed by atoms with Crippen LogP contribution in [0.2, 0.25) is 0 Å². The molecule has 7 nitrogen and oxygen atoms in total. The van der Waals surface area contributed by atoms with Gasteiger partial charge in [0, 0.05) is 59.2 Å². The van der Waals surface area contributed by atoms with E-state index in [0.717, 1.165) is 39.7 Å². The van der Waals surface area contributed by atoms with Crippen LogP contribution < -0.4 is 10.6 Å². The highest BCUT2D eigenvalue weighted by atomic mass is 16.4. The number of carbonyl (C=O) groups is 2. The van der Waals surface area contributed by atoms with E-state index in [2.05, 4.69) is 20.6 Å². The third kappa shape index (κ3) is 4.61. The van der Waals surface area contributed by atoms with Crippen molar-refractivity contribution in [3.05, 3.63) is 71.8 Å². The first-order valence-corrected chi connectivity index (χ1v) is 10.8. The molecule has 0 fully saturated rings. The van der Waals surface area contributed by atoms with E-state index in [1.165, 1.54) is 0 Å². The van der Waals surface area contributed by atoms with E-state index in [9.17, 15) is 14.7 Å². The highest BCUT2D eigenvalue weighted by Crippen LogP contribution is 2.28. The number of pyridine rings is 2. The SMILES string of the molecule is CCCC1=C(N[C@@H](Cc2ccccc2Nc2nccc3cnccc23)C(=O)O)CCC1=O. The summed E-state index contributed by atoms with van der Waals surface area (Å²) in [6.45, 7) is 2.02. The van der Waals surface area contributed by atoms with Crippen LogP contribution in [0.25, 0.3) is 10.8 Å². The van der Waals surface area contributed by atoms with E-state index in [1.54, 1.807) is 18.6 Å². The molecule has 4 rings (SSSR count). The number of Topliss-reactive ketones (excluding diaryl/α,β-unsaturated/α-hetero) is 1. The Hall–Kier alpha value is -3.74. The Morgan fingerprint density at radius 1 is 1.16 bits per heavy atom. The smallest absolute Gasteiger partial charge is 0.326 e. The molecule has 0 saturated heterocycles. The van der Waals surface area contributed by atoms with Crippen molar-refractivity contribution in [3.8, 4) is 0 Å². The summed E-state index contributed by atoms with van der Waals surface area (Å²) in [5.74, 6) is -0.138. The maximum Gasteiger partial charge on any atom is 0.326 e. The Morgan fingerprint density at radius 2 is 2.00 bits per heavy atom. The normalized spacial score (nSPS) is 14.6. The Labute approximate surface area is 186 Å². The molecule has 1 aliphatic rings. The fourth-order valence-electron chi connectivity index (χ4n) is 4.10. The molecule has 7 heteroatoms. The lowest BCUT2D eigenvalue weighted by Gasteiger charge is -2.20. The highest BCUT2D eigenvalue weighted by Gasteiger charge is 2.27. The predicted molar refractivity (Wildman–Crippen MR) is 124 cm³/mol. The number of carboxylic acid groups (broad SMARTS) is 1. The summed E-state index contributed by atoms with van der Waals surface area (Å²) in [5.41, 5.74) is 3.17. The molecule has 0 unspecified atom stereocenters. The lowest BCUT2D eigenvalue weighted by atomic mass is 10.0. The molecule has 3 aromatic rings. The van der Waals surface area contributed by atoms with Crippen LogP contribution in [0.3, 0.4) is 0 Å². The van der Waals surface area contributed by atoms with Gasteiger partial charge in [0.15, 0.2) is 5.78 Å². The van der Waals surface area contributed by atoms with Crippen LogP contribution in [0.1, 0.15) is 38.2 Å². The Balaban J connectivity index is 1.60. The van der Waals surface area contributed by atoms with Crippen molar-refractivity contribution >= 4 is 34.0 Å². The number of allylic oxidation sites excluding steroid dienone is 2. The summed E-state index contributed by atoms with van der Waals surface area (Å²) in [6, 6.07) is 10.6. The molecule has 1 aliphatic carbocycles. The molecule has 164 valence electrons. The van der Waals surface area contributed by atoms with Gasteiger partial charge in [0.1, 0.15) is 11.9 Å². The molecule has 2 aromatic heterocycles. The first kappa shape index (κ1) is 21.5. The number of hydrogen-bond donors (Lipinski definition) is 3. The molecule has 0 aliphatic heterocycles. The summed E-state index contributed by atoms with van der Waals surface area (Å²) < 4.78 is 0. The average molecular weight is 431 g/mol. The molecule has 2 heterocycles. The zero-order chi connectivity index (χ0) is 22.5. The average Bonchev–Trinajstić information content (AvgIpc) is 3.14. The molecule has 0 saturated carbocycles. The van der Waals surface area contributed by atoms with E-state index >= 15 is 0 Å². The zero-order valence-corrected chi connectivity index (χ0v) is 18.0. The van der Waals surface area contributed by atoms with E-state index < -0.39 is 12.0 Å². The van der Waals surface area contributed by atoms with Gasteiger partial charge in [-0.2, -0.15) is 0 Å². The van der Waals surface area contributed by atoms with Crippen LogP contribution in [0.5, 0.6) is 0 Å². The zero-order valence-electron chi connectivity index (χ0n) is 18.0. The number of carboxylic acids is 1. The van der Waals surface area contributed by atoms with E-state index in [1.807, 2.05) is 43.3 Å². The Morgan fingerprint density at radius 3 is 2.81 bits per heavy atom. The summed E-state index contributed by atoms with van der Waals surface area (Å²) in [7, 11) is 0. The Bertz CT molecular complexity index is 1180. The van der Waals surface area contributed by atoms with Gasteiger partial charge in [0.25, 0.3) is 0 Å². The first-order chi connectivity index (χ1) is 15.6. The van der Waals surface area contributed by atoms with Crippen LogP contribution in [0, 0.1) is 0 Å². The second-order valence-electron chi connectivity index (χ2n) is 7.91. The van der Waals surface area contributed by atoms with Crippen LogP contribution >= 0.6 is 0 Å². The number of carbonyl (C=O) groups excluding carboxylic acids is 1. The maximum absolute atomic E-state index is 12.2. The van der Waals surface area contributed by atoms with Gasteiger partial charge in [-0.05, 0) is 36.6 Å². The Kier molecular flexibility index (Phi) is 6.44. The standard InChI is InChI=1S/C25H26N4O3/c1-2-5-19-21(8-9-23(19)30)28-22(25(31)32)14-16-6-3-4-7-20(16)29-24-18-11-12-26-15-17(18)10-13-27-24/h3-4,6-7,10-13,15,22,28H,2,5,8-9,14H2,1H3,(H,27,29)(H,31,32)/t22-/m0/s1. The van der Waals surface area contributed by atoms with E-state index in [-0.39, 0.29) is 12.2 Å². The summed E-state index contributed by atoms with van der Waals surface area (Å²) in [4.78, 5) is 32.9. The van der Waals surface area contributed by atoms with Crippen molar-refractivity contribution in [3.63, 3.8) is 0 Å². The van der Waals surface area contributed by atoms with Gasteiger partial charge in [-0.1, -0.05) is 31.5 Å². The third-order valence-corrected chi connectivity index (χ3v) is 5.71. The van der Waals surface area contributed by atoms with Crippen molar-refractivity contribution in [2.45, 2.75) is 45.1 Å². The van der Waals surface area contributed by atoms with Gasteiger partial charge in [0.05, 0.1) is 0 Å². The fraction of sp³-hybridized carbons (Fsp3) is 0.280. The fourth-order valence-corrected chi connectivity index (χ4v) is 4.10. The topological polar surface area (TPSA) is 104 Å². The molecular weight excluding hydrogens is 404 g/mol. The van der Waals surface area contributed by atoms with Gasteiger partial charge in [-0.15, -0.1) is 0 Å². The predicted octanol–water partition coefficient (Wildman–Crippen LogP) is 4.38. The second-order valence-corrected chi connectivity index (χ2v) is 7.91. The van der Waals surface area contributed by atoms with E-state index in [0.29, 0.717) is 25.1 Å². The highest BCUT2D eigenvalue weighted by molar-refractivity contribution is 5.98. The first-order valence-electron chi connectivity index (χ1n) is 10.8. The van der Waals surface area contributed by atoms with Gasteiger partial charge in [0.2, 0.25) is 0 Å². The number of ketones is 1. The minimum absolute atomic E-state index is 0.122. The molecule has 0 spiro atoms. The quantitative estimate of drug-likeness (QED) is 0.463. The maximum atomic E-state index is 12.2. The van der Waals surface area contributed by atoms with Gasteiger partial charge >= 0.3 is 5.97 Å². The van der Waals surface area contributed by atoms with Crippen LogP contribution in [-0.2, 0) is 16.0 Å². The number of rotatable bonds is 9. The lowest BCUT2D eigenvalue weighted by Crippen LogP contribution is -2.38. The molecule has 0 bridgehead atoms. The molecule has 0 amide bonds. The summed E-state index contributed by atoms with van der Waals surface area (Å²) >= 11 is 0. The van der Waals surface area contributed by atoms with Crippen LogP contribution in [0.15, 0.2) is 66.3 Å². The number of nitrogens with zero attached hydrogens (tertiary/aromatic N) is 2. The number of anilines is 2. The lowest BCUT2D eigenvalue weighted by molar-refractivity contribution is -0.139. The molecule has 1 aromatic carbocycles. The number of aliphatic carboxylic acids is 1. The van der Waals surface area contributed by atoms with Crippen molar-refractivity contribution in [1.82, 2.24) is 15.3 Å². The minimum Gasteiger partial charge on any atom is -0.480 e. The number of aromatic nitrogens is 2. The van der Waals surface area contributed by atoms with Crippen molar-refractivity contribution in [2.75, 3.05) is 5.32 Å². The van der Waals surface area contributed by atoms with Crippen LogP contribution in [0.4, 0.5) is 11.5 Å². The van der Waals surface area contributed by atoms with Gasteiger partial charge in [-0.3, -0.25) is 9.78 Å². The summed E-state index contributed by atoms with van der Waals surface area (Å²) in [6.07, 6.45) is 8.03. The molecule has 3 N–H and O–H groups in total.